The average Bonchev–Trinajstić information content (AvgIpc) is 3.27. The number of nitriles is 1. The number of ether oxygens (including phenoxy) is 2. The van der Waals surface area contributed by atoms with E-state index in [2.05, 4.69) is 12.1 Å². The Bertz CT molecular complexity index is 1640. The molecule has 4 aromatic rings. The Morgan fingerprint density at radius 1 is 1.05 bits per heavy atom. The molecule has 5 rings (SSSR count). The minimum absolute atomic E-state index is 0.0217. The number of carboxylic acids is 1. The summed E-state index contributed by atoms with van der Waals surface area (Å²) in [4.78, 5) is 30.3. The predicted octanol–water partition coefficient (Wildman–Crippen LogP) is 5.90. The molecule has 1 aliphatic heterocycles. The van der Waals surface area contributed by atoms with Crippen molar-refractivity contribution in [3.8, 4) is 11.8 Å². The Hall–Kier alpha value is -4.58. The fourth-order valence-corrected chi connectivity index (χ4v) is 5.13. The largest absolute Gasteiger partial charge is 0.490 e. The molecular formula is C32H34N4O5. The van der Waals surface area contributed by atoms with Gasteiger partial charge in [-0.15, -0.1) is 0 Å². The molecule has 2 heterocycles. The predicted molar refractivity (Wildman–Crippen MR) is 155 cm³/mol. The molecule has 1 saturated heterocycles. The Labute approximate surface area is 238 Å². The standard InChI is InChI=1S/C32H34N4O5/c1-32(2,3)41-31(39)35-14-12-25(13-15-35)40-26-8-9-27-28(18-26)36(29(34-27)10-11-30(37)38)20-22-5-7-23-6-4-21(19-33)16-24(23)17-22/h4-9,16-18,25H,10-15,20H2,1-3H3,(H,37,38). The van der Waals surface area contributed by atoms with Crippen molar-refractivity contribution in [2.45, 2.75) is 64.7 Å². The summed E-state index contributed by atoms with van der Waals surface area (Å²) in [7, 11) is 0. The van der Waals surface area contributed by atoms with Crippen LogP contribution in [0.25, 0.3) is 21.8 Å². The molecule has 0 spiro atoms. The first-order chi connectivity index (χ1) is 19.6. The number of imidazole rings is 1. The maximum absolute atomic E-state index is 12.4. The summed E-state index contributed by atoms with van der Waals surface area (Å²) in [6, 6.07) is 19.7. The maximum Gasteiger partial charge on any atom is 0.410 e. The van der Waals surface area contributed by atoms with Gasteiger partial charge in [0.2, 0.25) is 0 Å². The molecule has 1 amide bonds. The van der Waals surface area contributed by atoms with Crippen LogP contribution in [0.4, 0.5) is 4.79 Å². The van der Waals surface area contributed by atoms with Gasteiger partial charge in [-0.25, -0.2) is 9.78 Å². The summed E-state index contributed by atoms with van der Waals surface area (Å²) >= 11 is 0. The molecule has 0 unspecified atom stereocenters. The molecule has 0 saturated carbocycles. The molecule has 9 heteroatoms. The van der Waals surface area contributed by atoms with Crippen LogP contribution in [-0.2, 0) is 22.5 Å². The molecule has 1 aliphatic rings. The van der Waals surface area contributed by atoms with Crippen LogP contribution in [0.3, 0.4) is 0 Å². The SMILES string of the molecule is CC(C)(C)OC(=O)N1CCC(Oc2ccc3nc(CCC(=O)O)n(Cc4ccc5ccc(C#N)cc5c4)c3c2)CC1. The van der Waals surface area contributed by atoms with E-state index in [0.717, 1.165) is 27.4 Å². The first kappa shape index (κ1) is 28.0. The average molecular weight is 555 g/mol. The molecule has 3 aromatic carbocycles. The van der Waals surface area contributed by atoms with Crippen LogP contribution >= 0.6 is 0 Å². The zero-order chi connectivity index (χ0) is 29.1. The van der Waals surface area contributed by atoms with Crippen molar-refractivity contribution in [3.05, 3.63) is 71.5 Å². The van der Waals surface area contributed by atoms with Crippen LogP contribution in [0.1, 0.15) is 57.0 Å². The van der Waals surface area contributed by atoms with Gasteiger partial charge in [-0.2, -0.15) is 5.26 Å². The van der Waals surface area contributed by atoms with Gasteiger partial charge in [0.25, 0.3) is 0 Å². The van der Waals surface area contributed by atoms with E-state index in [0.29, 0.717) is 56.0 Å². The number of aryl methyl sites for hydroxylation is 1. The fraction of sp³-hybridized carbons (Fsp3) is 0.375. The smallest absolute Gasteiger partial charge is 0.410 e. The summed E-state index contributed by atoms with van der Waals surface area (Å²) in [6.07, 6.45) is 1.34. The summed E-state index contributed by atoms with van der Waals surface area (Å²) in [5.41, 5.74) is 2.72. The van der Waals surface area contributed by atoms with Gasteiger partial charge in [-0.3, -0.25) is 4.79 Å². The van der Waals surface area contributed by atoms with E-state index in [4.69, 9.17) is 14.5 Å². The van der Waals surface area contributed by atoms with E-state index in [1.165, 1.54) is 0 Å². The van der Waals surface area contributed by atoms with Crippen LogP contribution in [0.15, 0.2) is 54.6 Å². The highest BCUT2D eigenvalue weighted by atomic mass is 16.6. The molecule has 0 aliphatic carbocycles. The van der Waals surface area contributed by atoms with E-state index in [1.54, 1.807) is 11.0 Å². The molecule has 9 nitrogen and oxygen atoms in total. The highest BCUT2D eigenvalue weighted by Crippen LogP contribution is 2.28. The van der Waals surface area contributed by atoms with Crippen LogP contribution in [0.2, 0.25) is 0 Å². The summed E-state index contributed by atoms with van der Waals surface area (Å²) in [5.74, 6) is 0.521. The molecule has 1 fully saturated rings. The quantitative estimate of drug-likeness (QED) is 0.302. The summed E-state index contributed by atoms with van der Waals surface area (Å²) in [6.45, 7) is 7.21. The highest BCUT2D eigenvalue weighted by molar-refractivity contribution is 5.84. The molecular weight excluding hydrogens is 520 g/mol. The van der Waals surface area contributed by atoms with Crippen molar-refractivity contribution in [2.75, 3.05) is 13.1 Å². The number of amides is 1. The number of nitrogens with zero attached hydrogens (tertiary/aromatic N) is 4. The van der Waals surface area contributed by atoms with Gasteiger partial charge in [0.05, 0.1) is 29.1 Å². The number of fused-ring (bicyclic) bond motifs is 2. The fourth-order valence-electron chi connectivity index (χ4n) is 5.13. The number of hydrogen-bond acceptors (Lipinski definition) is 6. The number of piperidine rings is 1. The third-order valence-corrected chi connectivity index (χ3v) is 7.13. The second-order valence-corrected chi connectivity index (χ2v) is 11.5. The second-order valence-electron chi connectivity index (χ2n) is 11.5. The lowest BCUT2D eigenvalue weighted by atomic mass is 10.0. The van der Waals surface area contributed by atoms with Crippen molar-refractivity contribution in [1.29, 1.82) is 5.26 Å². The number of rotatable bonds is 7. The second kappa shape index (κ2) is 11.5. The minimum atomic E-state index is -0.875. The van der Waals surface area contributed by atoms with E-state index < -0.39 is 11.6 Å². The van der Waals surface area contributed by atoms with Crippen LogP contribution < -0.4 is 4.74 Å². The van der Waals surface area contributed by atoms with E-state index in [-0.39, 0.29) is 18.6 Å². The van der Waals surface area contributed by atoms with E-state index in [9.17, 15) is 20.0 Å². The number of hydrogen-bond donors (Lipinski definition) is 1. The summed E-state index contributed by atoms with van der Waals surface area (Å²) in [5, 5.41) is 20.6. The van der Waals surface area contributed by atoms with Crippen molar-refractivity contribution in [3.63, 3.8) is 0 Å². The Balaban J connectivity index is 1.37. The molecule has 0 radical (unpaired) electrons. The number of aliphatic carboxylic acids is 1. The number of likely N-dealkylation sites (tertiary alicyclic amines) is 1. The third-order valence-electron chi connectivity index (χ3n) is 7.13. The normalized spacial score (nSPS) is 14.2. The number of carbonyl (C=O) groups excluding carboxylic acids is 1. The van der Waals surface area contributed by atoms with Gasteiger partial charge in [-0.05, 0) is 67.4 Å². The van der Waals surface area contributed by atoms with Gasteiger partial charge in [0.15, 0.2) is 0 Å². The Morgan fingerprint density at radius 3 is 2.51 bits per heavy atom. The van der Waals surface area contributed by atoms with E-state index >= 15 is 0 Å². The van der Waals surface area contributed by atoms with Crippen LogP contribution in [-0.4, -0.2) is 56.4 Å². The van der Waals surface area contributed by atoms with E-state index in [1.807, 2.05) is 67.8 Å². The van der Waals surface area contributed by atoms with Gasteiger partial charge >= 0.3 is 12.1 Å². The Morgan fingerprint density at radius 2 is 1.80 bits per heavy atom. The van der Waals surface area contributed by atoms with Gasteiger partial charge in [-0.1, -0.05) is 18.2 Å². The molecule has 0 bridgehead atoms. The lowest BCUT2D eigenvalue weighted by molar-refractivity contribution is -0.137. The Kier molecular flexibility index (Phi) is 7.84. The van der Waals surface area contributed by atoms with Crippen LogP contribution in [0.5, 0.6) is 5.75 Å². The number of benzene rings is 3. The van der Waals surface area contributed by atoms with Gasteiger partial charge < -0.3 is 24.0 Å². The molecule has 0 atom stereocenters. The first-order valence-electron chi connectivity index (χ1n) is 13.9. The third kappa shape index (κ3) is 6.77. The molecule has 212 valence electrons. The zero-order valence-corrected chi connectivity index (χ0v) is 23.6. The number of carboxylic acid groups (broad SMARTS) is 1. The van der Waals surface area contributed by atoms with Crippen molar-refractivity contribution in [1.82, 2.24) is 14.5 Å². The monoisotopic (exact) mass is 554 g/mol. The summed E-state index contributed by atoms with van der Waals surface area (Å²) < 4.78 is 13.9. The first-order valence-corrected chi connectivity index (χ1v) is 13.9. The molecule has 41 heavy (non-hydrogen) atoms. The lowest BCUT2D eigenvalue weighted by Crippen LogP contribution is -2.44. The van der Waals surface area contributed by atoms with Gasteiger partial charge in [0.1, 0.15) is 23.3 Å². The lowest BCUT2D eigenvalue weighted by Gasteiger charge is -2.33. The number of aromatic nitrogens is 2. The maximum atomic E-state index is 12.4. The van der Waals surface area contributed by atoms with Crippen molar-refractivity contribution >= 4 is 33.9 Å². The highest BCUT2D eigenvalue weighted by Gasteiger charge is 2.28. The van der Waals surface area contributed by atoms with Crippen LogP contribution in [0, 0.1) is 11.3 Å². The topological polar surface area (TPSA) is 118 Å². The zero-order valence-electron chi connectivity index (χ0n) is 23.6. The van der Waals surface area contributed by atoms with Gasteiger partial charge in [0, 0.05) is 45.0 Å². The van der Waals surface area contributed by atoms with Crippen molar-refractivity contribution in [2.24, 2.45) is 0 Å². The van der Waals surface area contributed by atoms with Crippen molar-refractivity contribution < 1.29 is 24.2 Å². The molecule has 1 aromatic heterocycles. The number of carbonyl (C=O) groups is 2. The molecule has 1 N–H and O–H groups in total. The minimum Gasteiger partial charge on any atom is -0.490 e.